The topological polar surface area (TPSA) is 47.6 Å². The minimum atomic E-state index is -0.207. The fourth-order valence-corrected chi connectivity index (χ4v) is 2.20. The Balaban J connectivity index is 2.26. The molecule has 5 heteroatoms. The number of ether oxygens (including phenoxy) is 2. The Hall–Kier alpha value is -2.01. The summed E-state index contributed by atoms with van der Waals surface area (Å²) >= 11 is 3.36. The Kier molecular flexibility index (Phi) is 4.63. The van der Waals surface area contributed by atoms with Gasteiger partial charge in [-0.15, -0.1) is 0 Å². The Morgan fingerprint density at radius 2 is 1.85 bits per heavy atom. The van der Waals surface area contributed by atoms with Crippen LogP contribution in [0.25, 0.3) is 0 Å². The number of amides is 1. The average Bonchev–Trinajstić information content (AvgIpc) is 2.48. The van der Waals surface area contributed by atoms with E-state index in [0.29, 0.717) is 22.7 Å². The number of hydrogen-bond donors (Lipinski definition) is 1. The molecule has 2 rings (SSSR count). The second kappa shape index (κ2) is 6.43. The summed E-state index contributed by atoms with van der Waals surface area (Å²) < 4.78 is 11.1. The standard InChI is InChI=1S/C15H14BrNO3/c1-19-10-7-8-13(14(9-10)20-2)17-15(18)11-5-3-4-6-12(11)16/h3-9H,1-2H3,(H,17,18). The molecule has 104 valence electrons. The Labute approximate surface area is 125 Å². The van der Waals surface area contributed by atoms with Gasteiger partial charge in [0, 0.05) is 10.5 Å². The van der Waals surface area contributed by atoms with Gasteiger partial charge in [0.15, 0.2) is 0 Å². The number of anilines is 1. The van der Waals surface area contributed by atoms with Crippen LogP contribution in [0.3, 0.4) is 0 Å². The van der Waals surface area contributed by atoms with E-state index in [1.165, 1.54) is 0 Å². The number of carbonyl (C=O) groups excluding carboxylic acids is 1. The number of halogens is 1. The maximum atomic E-state index is 12.2. The van der Waals surface area contributed by atoms with Crippen LogP contribution >= 0.6 is 15.9 Å². The van der Waals surface area contributed by atoms with Crippen molar-refractivity contribution in [1.82, 2.24) is 0 Å². The second-order valence-corrected chi connectivity index (χ2v) is 4.85. The summed E-state index contributed by atoms with van der Waals surface area (Å²) in [5.74, 6) is 1.01. The molecule has 0 spiro atoms. The van der Waals surface area contributed by atoms with E-state index in [-0.39, 0.29) is 5.91 Å². The largest absolute Gasteiger partial charge is 0.497 e. The van der Waals surface area contributed by atoms with Gasteiger partial charge in [0.1, 0.15) is 11.5 Å². The third-order valence-corrected chi connectivity index (χ3v) is 3.47. The van der Waals surface area contributed by atoms with Crippen molar-refractivity contribution in [3.8, 4) is 11.5 Å². The van der Waals surface area contributed by atoms with Gasteiger partial charge in [-0.05, 0) is 40.2 Å². The lowest BCUT2D eigenvalue weighted by atomic mass is 10.2. The highest BCUT2D eigenvalue weighted by molar-refractivity contribution is 9.10. The van der Waals surface area contributed by atoms with E-state index < -0.39 is 0 Å². The molecule has 0 aliphatic heterocycles. The normalized spacial score (nSPS) is 9.95. The Bertz CT molecular complexity index is 628. The fraction of sp³-hybridized carbons (Fsp3) is 0.133. The molecule has 0 radical (unpaired) electrons. The number of methoxy groups -OCH3 is 2. The first-order valence-corrected chi connectivity index (χ1v) is 6.73. The SMILES string of the molecule is COc1ccc(NC(=O)c2ccccc2Br)c(OC)c1. The van der Waals surface area contributed by atoms with E-state index >= 15 is 0 Å². The van der Waals surface area contributed by atoms with Crippen LogP contribution in [0.4, 0.5) is 5.69 Å². The molecule has 4 nitrogen and oxygen atoms in total. The van der Waals surface area contributed by atoms with E-state index in [1.807, 2.05) is 18.2 Å². The van der Waals surface area contributed by atoms with Gasteiger partial charge >= 0.3 is 0 Å². The van der Waals surface area contributed by atoms with Crippen LogP contribution in [0.5, 0.6) is 11.5 Å². The Morgan fingerprint density at radius 1 is 1.10 bits per heavy atom. The third kappa shape index (κ3) is 3.11. The van der Waals surface area contributed by atoms with Gasteiger partial charge in [-0.2, -0.15) is 0 Å². The highest BCUT2D eigenvalue weighted by Gasteiger charge is 2.12. The zero-order valence-electron chi connectivity index (χ0n) is 11.1. The van der Waals surface area contributed by atoms with Gasteiger partial charge in [-0.3, -0.25) is 4.79 Å². The number of hydrogen-bond acceptors (Lipinski definition) is 3. The lowest BCUT2D eigenvalue weighted by Gasteiger charge is -2.12. The Morgan fingerprint density at radius 3 is 2.50 bits per heavy atom. The summed E-state index contributed by atoms with van der Waals surface area (Å²) in [7, 11) is 3.12. The van der Waals surface area contributed by atoms with Gasteiger partial charge < -0.3 is 14.8 Å². The third-order valence-electron chi connectivity index (χ3n) is 2.78. The molecule has 20 heavy (non-hydrogen) atoms. The summed E-state index contributed by atoms with van der Waals surface area (Å²) in [5, 5.41) is 2.82. The quantitative estimate of drug-likeness (QED) is 0.926. The maximum absolute atomic E-state index is 12.2. The number of carbonyl (C=O) groups is 1. The van der Waals surface area contributed by atoms with Crippen LogP contribution in [0.2, 0.25) is 0 Å². The number of nitrogens with one attached hydrogen (secondary N) is 1. The van der Waals surface area contributed by atoms with Gasteiger partial charge in [0.05, 0.1) is 25.5 Å². The first-order chi connectivity index (χ1) is 9.65. The van der Waals surface area contributed by atoms with Gasteiger partial charge in [0.2, 0.25) is 0 Å². The molecule has 0 aliphatic carbocycles. The zero-order chi connectivity index (χ0) is 14.5. The monoisotopic (exact) mass is 335 g/mol. The molecule has 0 unspecified atom stereocenters. The molecule has 1 N–H and O–H groups in total. The molecule has 0 aromatic heterocycles. The van der Waals surface area contributed by atoms with E-state index in [9.17, 15) is 4.79 Å². The summed E-state index contributed by atoms with van der Waals surface area (Å²) in [4.78, 5) is 12.2. The summed E-state index contributed by atoms with van der Waals surface area (Å²) in [6.07, 6.45) is 0. The molecular weight excluding hydrogens is 322 g/mol. The van der Waals surface area contributed by atoms with Crippen molar-refractivity contribution < 1.29 is 14.3 Å². The maximum Gasteiger partial charge on any atom is 0.256 e. The van der Waals surface area contributed by atoms with Crippen molar-refractivity contribution in [2.45, 2.75) is 0 Å². The lowest BCUT2D eigenvalue weighted by Crippen LogP contribution is -2.13. The minimum Gasteiger partial charge on any atom is -0.497 e. The first kappa shape index (κ1) is 14.4. The predicted molar refractivity (Wildman–Crippen MR) is 81.6 cm³/mol. The van der Waals surface area contributed by atoms with Crippen LogP contribution in [-0.2, 0) is 0 Å². The van der Waals surface area contributed by atoms with Crippen molar-refractivity contribution in [3.63, 3.8) is 0 Å². The van der Waals surface area contributed by atoms with Gasteiger partial charge in [-0.1, -0.05) is 12.1 Å². The van der Waals surface area contributed by atoms with Crippen molar-refractivity contribution >= 4 is 27.5 Å². The number of benzene rings is 2. The molecule has 0 aliphatic rings. The van der Waals surface area contributed by atoms with E-state index in [0.717, 1.165) is 4.47 Å². The molecule has 0 atom stereocenters. The van der Waals surface area contributed by atoms with Crippen LogP contribution in [0, 0.1) is 0 Å². The van der Waals surface area contributed by atoms with Crippen LogP contribution < -0.4 is 14.8 Å². The van der Waals surface area contributed by atoms with E-state index in [4.69, 9.17) is 9.47 Å². The average molecular weight is 336 g/mol. The molecule has 0 fully saturated rings. The minimum absolute atomic E-state index is 0.207. The molecule has 0 heterocycles. The fourth-order valence-electron chi connectivity index (χ4n) is 1.74. The van der Waals surface area contributed by atoms with Crippen LogP contribution in [-0.4, -0.2) is 20.1 Å². The van der Waals surface area contributed by atoms with Crippen molar-refractivity contribution in [2.24, 2.45) is 0 Å². The lowest BCUT2D eigenvalue weighted by molar-refractivity contribution is 0.102. The van der Waals surface area contributed by atoms with E-state index in [2.05, 4.69) is 21.2 Å². The van der Waals surface area contributed by atoms with Crippen molar-refractivity contribution in [2.75, 3.05) is 19.5 Å². The van der Waals surface area contributed by atoms with Gasteiger partial charge in [-0.25, -0.2) is 0 Å². The highest BCUT2D eigenvalue weighted by atomic mass is 79.9. The predicted octanol–water partition coefficient (Wildman–Crippen LogP) is 3.72. The molecule has 0 saturated heterocycles. The number of rotatable bonds is 4. The molecule has 2 aromatic rings. The second-order valence-electron chi connectivity index (χ2n) is 4.00. The van der Waals surface area contributed by atoms with Crippen molar-refractivity contribution in [3.05, 3.63) is 52.5 Å². The summed E-state index contributed by atoms with van der Waals surface area (Å²) in [6, 6.07) is 12.5. The summed E-state index contributed by atoms with van der Waals surface area (Å²) in [5.41, 5.74) is 1.15. The van der Waals surface area contributed by atoms with Crippen LogP contribution in [0.1, 0.15) is 10.4 Å². The highest BCUT2D eigenvalue weighted by Crippen LogP contribution is 2.29. The van der Waals surface area contributed by atoms with Crippen molar-refractivity contribution in [1.29, 1.82) is 0 Å². The molecule has 2 aromatic carbocycles. The molecule has 1 amide bonds. The molecule has 0 bridgehead atoms. The summed E-state index contributed by atoms with van der Waals surface area (Å²) in [6.45, 7) is 0. The molecular formula is C15H14BrNO3. The first-order valence-electron chi connectivity index (χ1n) is 5.93. The van der Waals surface area contributed by atoms with Gasteiger partial charge in [0.25, 0.3) is 5.91 Å². The van der Waals surface area contributed by atoms with Crippen LogP contribution in [0.15, 0.2) is 46.9 Å². The molecule has 0 saturated carbocycles. The smallest absolute Gasteiger partial charge is 0.256 e. The zero-order valence-corrected chi connectivity index (χ0v) is 12.7. The van der Waals surface area contributed by atoms with E-state index in [1.54, 1.807) is 38.5 Å².